The summed E-state index contributed by atoms with van der Waals surface area (Å²) in [7, 11) is 0. The number of aryl methyl sites for hydroxylation is 1. The summed E-state index contributed by atoms with van der Waals surface area (Å²) in [6.45, 7) is 7.29. The maximum absolute atomic E-state index is 4.24. The highest BCUT2D eigenvalue weighted by molar-refractivity contribution is 5.14. The van der Waals surface area contributed by atoms with Gasteiger partial charge in [0, 0.05) is 25.5 Å². The minimum absolute atomic E-state index is 0.599. The summed E-state index contributed by atoms with van der Waals surface area (Å²) in [5, 5.41) is 3.50. The zero-order valence-electron chi connectivity index (χ0n) is 11.1. The summed E-state index contributed by atoms with van der Waals surface area (Å²) in [5.74, 6) is 1.69. The van der Waals surface area contributed by atoms with Gasteiger partial charge in [-0.2, -0.15) is 0 Å². The Hall–Kier alpha value is -1.61. The van der Waals surface area contributed by atoms with E-state index in [2.05, 4.69) is 46.1 Å². The van der Waals surface area contributed by atoms with Gasteiger partial charge in [-0.25, -0.2) is 4.98 Å². The third-order valence-corrected chi connectivity index (χ3v) is 3.10. The van der Waals surface area contributed by atoms with Crippen LogP contribution in [0.25, 0.3) is 0 Å². The lowest BCUT2D eigenvalue weighted by Gasteiger charge is -2.14. The van der Waals surface area contributed by atoms with Crippen LogP contribution in [0.5, 0.6) is 0 Å². The van der Waals surface area contributed by atoms with Crippen molar-refractivity contribution in [2.24, 2.45) is 5.92 Å². The second-order valence-electron chi connectivity index (χ2n) is 4.85. The van der Waals surface area contributed by atoms with Gasteiger partial charge in [0.05, 0.1) is 0 Å². The van der Waals surface area contributed by atoms with Gasteiger partial charge in [0.2, 0.25) is 0 Å². The molecule has 0 aliphatic carbocycles. The fourth-order valence-electron chi connectivity index (χ4n) is 2.06. The Labute approximate surface area is 109 Å². The number of hydrogen-bond donors (Lipinski definition) is 1. The van der Waals surface area contributed by atoms with Gasteiger partial charge in [0.25, 0.3) is 0 Å². The molecule has 0 bridgehead atoms. The van der Waals surface area contributed by atoms with Crippen molar-refractivity contribution >= 4 is 0 Å². The van der Waals surface area contributed by atoms with E-state index >= 15 is 0 Å². The predicted molar refractivity (Wildman–Crippen MR) is 74.3 cm³/mol. The largest absolute Gasteiger partial charge is 0.335 e. The van der Waals surface area contributed by atoms with Crippen LogP contribution in [0.2, 0.25) is 0 Å². The molecule has 0 spiro atoms. The lowest BCUT2D eigenvalue weighted by atomic mass is 10.1. The van der Waals surface area contributed by atoms with Crippen LogP contribution in [0, 0.1) is 12.8 Å². The Morgan fingerprint density at radius 2 is 2.06 bits per heavy atom. The topological polar surface area (TPSA) is 29.9 Å². The highest BCUT2D eigenvalue weighted by atomic mass is 15.1. The quantitative estimate of drug-likeness (QED) is 0.845. The van der Waals surface area contributed by atoms with Gasteiger partial charge in [-0.05, 0) is 24.9 Å². The maximum atomic E-state index is 4.24. The molecule has 3 heteroatoms. The average Bonchev–Trinajstić information content (AvgIpc) is 2.76. The van der Waals surface area contributed by atoms with Crippen molar-refractivity contribution in [3.63, 3.8) is 0 Å². The molecule has 0 radical (unpaired) electrons. The molecule has 0 fully saturated rings. The minimum Gasteiger partial charge on any atom is -0.335 e. The number of nitrogens with one attached hydrogen (secondary N) is 1. The van der Waals surface area contributed by atoms with Crippen LogP contribution in [0.15, 0.2) is 42.7 Å². The van der Waals surface area contributed by atoms with E-state index in [1.807, 2.05) is 25.4 Å². The normalized spacial score (nSPS) is 12.6. The molecule has 0 saturated heterocycles. The van der Waals surface area contributed by atoms with E-state index in [1.165, 1.54) is 5.56 Å². The van der Waals surface area contributed by atoms with E-state index in [9.17, 15) is 0 Å². The van der Waals surface area contributed by atoms with E-state index in [4.69, 9.17) is 0 Å². The van der Waals surface area contributed by atoms with Gasteiger partial charge in [0.1, 0.15) is 5.82 Å². The molecule has 1 unspecified atom stereocenters. The van der Waals surface area contributed by atoms with E-state index in [0.717, 1.165) is 25.5 Å². The first-order valence-corrected chi connectivity index (χ1v) is 6.48. The number of hydrogen-bond acceptors (Lipinski definition) is 2. The van der Waals surface area contributed by atoms with Gasteiger partial charge in [-0.3, -0.25) is 0 Å². The third kappa shape index (κ3) is 3.70. The molecule has 0 amide bonds. The first kappa shape index (κ1) is 12.8. The summed E-state index contributed by atoms with van der Waals surface area (Å²) >= 11 is 0. The first-order valence-electron chi connectivity index (χ1n) is 6.48. The third-order valence-electron chi connectivity index (χ3n) is 3.10. The summed E-state index contributed by atoms with van der Waals surface area (Å²) in [6.07, 6.45) is 3.91. The van der Waals surface area contributed by atoms with Crippen molar-refractivity contribution in [2.45, 2.75) is 26.9 Å². The van der Waals surface area contributed by atoms with Gasteiger partial charge in [-0.15, -0.1) is 0 Å². The van der Waals surface area contributed by atoms with Crippen molar-refractivity contribution in [1.82, 2.24) is 14.9 Å². The van der Waals surface area contributed by atoms with Crippen molar-refractivity contribution in [3.8, 4) is 0 Å². The maximum Gasteiger partial charge on any atom is 0.105 e. The first-order chi connectivity index (χ1) is 8.75. The van der Waals surface area contributed by atoms with Crippen molar-refractivity contribution in [2.75, 3.05) is 6.54 Å². The van der Waals surface area contributed by atoms with Crippen LogP contribution < -0.4 is 5.32 Å². The van der Waals surface area contributed by atoms with Crippen LogP contribution in [-0.2, 0) is 13.1 Å². The van der Waals surface area contributed by atoms with Crippen LogP contribution in [0.3, 0.4) is 0 Å². The SMILES string of the molecule is Cc1nccn1CC(C)CNCc1ccccc1. The number of imidazole rings is 1. The second-order valence-corrected chi connectivity index (χ2v) is 4.85. The molecule has 1 N–H and O–H groups in total. The molecule has 2 aromatic rings. The fourth-order valence-corrected chi connectivity index (χ4v) is 2.06. The zero-order chi connectivity index (χ0) is 12.8. The fraction of sp³-hybridized carbons (Fsp3) is 0.400. The van der Waals surface area contributed by atoms with Gasteiger partial charge in [0.15, 0.2) is 0 Å². The number of nitrogens with zero attached hydrogens (tertiary/aromatic N) is 2. The summed E-state index contributed by atoms with van der Waals surface area (Å²) in [6, 6.07) is 10.5. The monoisotopic (exact) mass is 243 g/mol. The highest BCUT2D eigenvalue weighted by Gasteiger charge is 2.04. The molecule has 1 atom stereocenters. The molecule has 1 heterocycles. The summed E-state index contributed by atoms with van der Waals surface area (Å²) in [4.78, 5) is 4.24. The van der Waals surface area contributed by atoms with E-state index in [1.54, 1.807) is 0 Å². The van der Waals surface area contributed by atoms with E-state index in [0.29, 0.717) is 5.92 Å². The van der Waals surface area contributed by atoms with Crippen LogP contribution in [0.4, 0.5) is 0 Å². The van der Waals surface area contributed by atoms with Crippen LogP contribution in [0.1, 0.15) is 18.3 Å². The Morgan fingerprint density at radius 3 is 2.72 bits per heavy atom. The molecule has 1 aromatic carbocycles. The number of benzene rings is 1. The van der Waals surface area contributed by atoms with Gasteiger partial charge < -0.3 is 9.88 Å². The standard InChI is InChI=1S/C15H21N3/c1-13(12-18-9-8-17-14(18)2)10-16-11-15-6-4-3-5-7-15/h3-9,13,16H,10-12H2,1-2H3. The Bertz CT molecular complexity index is 462. The Kier molecular flexibility index (Phi) is 4.53. The van der Waals surface area contributed by atoms with Crippen LogP contribution >= 0.6 is 0 Å². The van der Waals surface area contributed by atoms with E-state index in [-0.39, 0.29) is 0 Å². The molecular weight excluding hydrogens is 222 g/mol. The molecule has 0 saturated carbocycles. The number of aromatic nitrogens is 2. The van der Waals surface area contributed by atoms with Gasteiger partial charge >= 0.3 is 0 Å². The lowest BCUT2D eigenvalue weighted by molar-refractivity contribution is 0.440. The number of rotatable bonds is 6. The molecule has 0 aliphatic rings. The Morgan fingerprint density at radius 1 is 1.28 bits per heavy atom. The smallest absolute Gasteiger partial charge is 0.105 e. The van der Waals surface area contributed by atoms with Crippen LogP contribution in [-0.4, -0.2) is 16.1 Å². The zero-order valence-corrected chi connectivity index (χ0v) is 11.1. The van der Waals surface area contributed by atoms with Gasteiger partial charge in [-0.1, -0.05) is 37.3 Å². The average molecular weight is 243 g/mol. The molecule has 0 aliphatic heterocycles. The highest BCUT2D eigenvalue weighted by Crippen LogP contribution is 2.03. The second kappa shape index (κ2) is 6.36. The molecule has 1 aromatic heterocycles. The molecule has 2 rings (SSSR count). The molecular formula is C15H21N3. The van der Waals surface area contributed by atoms with E-state index < -0.39 is 0 Å². The lowest BCUT2D eigenvalue weighted by Crippen LogP contribution is -2.24. The van der Waals surface area contributed by atoms with Crippen molar-refractivity contribution in [3.05, 3.63) is 54.1 Å². The molecule has 3 nitrogen and oxygen atoms in total. The predicted octanol–water partition coefficient (Wildman–Crippen LogP) is 2.62. The Balaban J connectivity index is 1.72. The summed E-state index contributed by atoms with van der Waals surface area (Å²) in [5.41, 5.74) is 1.34. The van der Waals surface area contributed by atoms with Crippen molar-refractivity contribution in [1.29, 1.82) is 0 Å². The molecule has 96 valence electrons. The van der Waals surface area contributed by atoms with Crippen molar-refractivity contribution < 1.29 is 0 Å². The minimum atomic E-state index is 0.599. The molecule has 18 heavy (non-hydrogen) atoms. The summed E-state index contributed by atoms with van der Waals surface area (Å²) < 4.78 is 2.20.